The average Bonchev–Trinajstić information content (AvgIpc) is 3.55. The zero-order valence-electron chi connectivity index (χ0n) is 22.8. The maximum Gasteiger partial charge on any atom is -0.0198 e. The van der Waals surface area contributed by atoms with Crippen molar-refractivity contribution < 1.29 is 0 Å². The van der Waals surface area contributed by atoms with Crippen LogP contribution in [-0.4, -0.2) is 0 Å². The van der Waals surface area contributed by atoms with Gasteiger partial charge in [0.2, 0.25) is 0 Å². The molecule has 0 bridgehead atoms. The van der Waals surface area contributed by atoms with Crippen molar-refractivity contribution in [2.45, 2.75) is 150 Å². The highest BCUT2D eigenvalue weighted by Crippen LogP contribution is 2.87. The summed E-state index contributed by atoms with van der Waals surface area (Å²) in [6.07, 6.45) is 39.1. The van der Waals surface area contributed by atoms with Gasteiger partial charge in [-0.2, -0.15) is 0 Å². The maximum absolute atomic E-state index is 2.50. The summed E-state index contributed by atoms with van der Waals surface area (Å²) in [4.78, 5) is 0. The first-order valence-corrected chi connectivity index (χ1v) is 14.5. The largest absolute Gasteiger partial charge is 0.0888 e. The van der Waals surface area contributed by atoms with Crippen molar-refractivity contribution in [2.75, 3.05) is 0 Å². The van der Waals surface area contributed by atoms with Crippen LogP contribution >= 0.6 is 0 Å². The maximum atomic E-state index is 2.50. The second-order valence-corrected chi connectivity index (χ2v) is 11.1. The number of unbranched alkanes of at least 4 members (excludes halogenated alkanes) is 6. The lowest BCUT2D eigenvalue weighted by Gasteiger charge is -2.16. The van der Waals surface area contributed by atoms with Crippen LogP contribution in [0.4, 0.5) is 0 Å². The highest BCUT2D eigenvalue weighted by Gasteiger charge is 2.78. The predicted octanol–water partition coefficient (Wildman–Crippen LogP) is 11.4. The van der Waals surface area contributed by atoms with Gasteiger partial charge in [-0.1, -0.05) is 116 Å². The molecular formula is C32H58. The molecule has 2 aliphatic rings. The van der Waals surface area contributed by atoms with E-state index in [1.807, 2.05) is 0 Å². The zero-order chi connectivity index (χ0) is 23.5. The summed E-state index contributed by atoms with van der Waals surface area (Å²) in [5.41, 5.74) is 1.56. The molecule has 186 valence electrons. The third kappa shape index (κ3) is 12.5. The van der Waals surface area contributed by atoms with Gasteiger partial charge in [0.05, 0.1) is 0 Å². The number of rotatable bonds is 19. The van der Waals surface area contributed by atoms with Gasteiger partial charge >= 0.3 is 0 Å². The second kappa shape index (κ2) is 17.7. The van der Waals surface area contributed by atoms with E-state index in [-0.39, 0.29) is 0 Å². The van der Waals surface area contributed by atoms with Gasteiger partial charge in [-0.3, -0.25) is 0 Å². The van der Waals surface area contributed by atoms with Crippen molar-refractivity contribution in [1.29, 1.82) is 0 Å². The molecule has 1 unspecified atom stereocenters. The van der Waals surface area contributed by atoms with Crippen LogP contribution in [0.1, 0.15) is 150 Å². The van der Waals surface area contributed by atoms with Gasteiger partial charge in [0.1, 0.15) is 0 Å². The molecule has 0 saturated heterocycles. The topological polar surface area (TPSA) is 0 Å². The van der Waals surface area contributed by atoms with Gasteiger partial charge in [0.15, 0.2) is 0 Å². The Bertz CT molecular complexity index is 514. The van der Waals surface area contributed by atoms with Gasteiger partial charge < -0.3 is 0 Å². The number of allylic oxidation sites excluding steroid dienone is 6. The van der Waals surface area contributed by atoms with E-state index in [1.165, 1.54) is 116 Å². The third-order valence-electron chi connectivity index (χ3n) is 7.66. The number of fused-ring (bicyclic) bond motifs is 1. The Morgan fingerprint density at radius 3 is 1.62 bits per heavy atom. The number of hydrogen-bond donors (Lipinski definition) is 0. The standard InChI is InChI=1S/C29H50.C3H8/c1-4-6-8-10-11-14-18-22-27(21-17-13-9-7-5-2)23-19-15-12-16-20-24-29-25-28(29,3)26-29;1-3-2/h7,9-11,16,20,27H,4-6,8,12-15,17-19,21-26H2,1-3H3;3H2,1-2H3/b9-7-,11-10-,20-16-;. The Morgan fingerprint density at radius 1 is 0.625 bits per heavy atom. The average molecular weight is 443 g/mol. The fraction of sp³-hybridized carbons (Fsp3) is 0.812. The van der Waals surface area contributed by atoms with Crippen LogP contribution in [0.2, 0.25) is 0 Å². The van der Waals surface area contributed by atoms with Crippen LogP contribution in [0, 0.1) is 16.7 Å². The lowest BCUT2D eigenvalue weighted by Crippen LogP contribution is -2.01. The Labute approximate surface area is 203 Å². The summed E-state index contributed by atoms with van der Waals surface area (Å²) < 4.78 is 0. The van der Waals surface area contributed by atoms with E-state index < -0.39 is 0 Å². The molecule has 0 N–H and O–H groups in total. The Balaban J connectivity index is 0.00000161. The first kappa shape index (κ1) is 29.3. The number of hydrogen-bond acceptors (Lipinski definition) is 0. The zero-order valence-corrected chi connectivity index (χ0v) is 22.8. The molecule has 0 heteroatoms. The minimum atomic E-state index is 0.780. The molecule has 2 rings (SSSR count). The molecule has 32 heavy (non-hydrogen) atoms. The second-order valence-electron chi connectivity index (χ2n) is 11.1. The fourth-order valence-electron chi connectivity index (χ4n) is 5.19. The van der Waals surface area contributed by atoms with Crippen LogP contribution in [-0.2, 0) is 0 Å². The molecule has 0 aromatic rings. The third-order valence-corrected chi connectivity index (χ3v) is 7.66. The van der Waals surface area contributed by atoms with Gasteiger partial charge in [-0.25, -0.2) is 0 Å². The Morgan fingerprint density at radius 2 is 1.09 bits per heavy atom. The van der Waals surface area contributed by atoms with Crippen molar-refractivity contribution in [1.82, 2.24) is 0 Å². The summed E-state index contributed by atoms with van der Waals surface area (Å²) in [7, 11) is 0. The summed E-state index contributed by atoms with van der Waals surface area (Å²) in [6, 6.07) is 0. The van der Waals surface area contributed by atoms with E-state index >= 15 is 0 Å². The van der Waals surface area contributed by atoms with Gasteiger partial charge in [-0.05, 0) is 87.4 Å². The molecule has 0 aliphatic heterocycles. The highest BCUT2D eigenvalue weighted by molar-refractivity contribution is 5.29. The van der Waals surface area contributed by atoms with Crippen LogP contribution in [0.25, 0.3) is 0 Å². The van der Waals surface area contributed by atoms with Crippen LogP contribution in [0.15, 0.2) is 36.5 Å². The van der Waals surface area contributed by atoms with E-state index in [1.54, 1.807) is 0 Å². The minimum absolute atomic E-state index is 0.780. The van der Waals surface area contributed by atoms with E-state index in [2.05, 4.69) is 71.1 Å². The fourth-order valence-corrected chi connectivity index (χ4v) is 5.19. The first-order valence-electron chi connectivity index (χ1n) is 14.5. The molecule has 1 atom stereocenters. The van der Waals surface area contributed by atoms with Gasteiger partial charge in [0.25, 0.3) is 0 Å². The van der Waals surface area contributed by atoms with Crippen molar-refractivity contribution in [3.8, 4) is 0 Å². The molecule has 0 heterocycles. The molecule has 2 saturated carbocycles. The smallest absolute Gasteiger partial charge is 0.0198 e. The molecule has 0 amide bonds. The van der Waals surface area contributed by atoms with Crippen molar-refractivity contribution in [3.05, 3.63) is 36.5 Å². The van der Waals surface area contributed by atoms with Gasteiger partial charge in [-0.15, -0.1) is 0 Å². The highest BCUT2D eigenvalue weighted by atomic mass is 14.8. The molecule has 0 nitrogen and oxygen atoms in total. The van der Waals surface area contributed by atoms with Crippen molar-refractivity contribution in [2.24, 2.45) is 16.7 Å². The monoisotopic (exact) mass is 442 g/mol. The lowest BCUT2D eigenvalue weighted by molar-refractivity contribution is 0.385. The Hall–Kier alpha value is -0.780. The van der Waals surface area contributed by atoms with E-state index in [9.17, 15) is 0 Å². The first-order chi connectivity index (χ1) is 15.6. The summed E-state index contributed by atoms with van der Waals surface area (Å²) in [5, 5.41) is 0. The van der Waals surface area contributed by atoms with Crippen LogP contribution in [0.5, 0.6) is 0 Å². The normalized spacial score (nSPS) is 24.7. The SMILES string of the molecule is CC/C=C\CCCC(CCC/C=C\CCCC)CCCC/C=C\CC12CC1(C)C2.CCC. The van der Waals surface area contributed by atoms with Crippen LogP contribution < -0.4 is 0 Å². The minimum Gasteiger partial charge on any atom is -0.0888 e. The molecule has 2 fully saturated rings. The van der Waals surface area contributed by atoms with E-state index in [0.717, 1.165) is 16.7 Å². The van der Waals surface area contributed by atoms with Crippen molar-refractivity contribution in [3.63, 3.8) is 0 Å². The van der Waals surface area contributed by atoms with E-state index in [4.69, 9.17) is 0 Å². The van der Waals surface area contributed by atoms with Crippen LogP contribution in [0.3, 0.4) is 0 Å². The predicted molar refractivity (Wildman–Crippen MR) is 147 cm³/mol. The summed E-state index contributed by atoms with van der Waals surface area (Å²) >= 11 is 0. The molecular weight excluding hydrogens is 384 g/mol. The van der Waals surface area contributed by atoms with Crippen molar-refractivity contribution >= 4 is 0 Å². The summed E-state index contributed by atoms with van der Waals surface area (Å²) in [5.74, 6) is 0.954. The Kier molecular flexibility index (Phi) is 16.1. The van der Waals surface area contributed by atoms with E-state index in [0.29, 0.717) is 0 Å². The van der Waals surface area contributed by atoms with Gasteiger partial charge in [0, 0.05) is 0 Å². The lowest BCUT2D eigenvalue weighted by atomic mass is 9.90. The molecule has 0 radical (unpaired) electrons. The molecule has 0 aromatic carbocycles. The molecule has 0 spiro atoms. The molecule has 0 aromatic heterocycles. The molecule has 2 aliphatic carbocycles. The summed E-state index contributed by atoms with van der Waals surface area (Å²) in [6.45, 7) is 11.2. The quantitative estimate of drug-likeness (QED) is 0.138.